The molecule has 3 heterocycles. The molecular formula is C19H16ClN3O3. The van der Waals surface area contributed by atoms with Gasteiger partial charge in [0.25, 0.3) is 5.91 Å². The van der Waals surface area contributed by atoms with E-state index in [0.717, 1.165) is 11.8 Å². The first kappa shape index (κ1) is 16.6. The molecule has 1 aliphatic heterocycles. The molecular weight excluding hydrogens is 354 g/mol. The molecule has 0 unspecified atom stereocenters. The van der Waals surface area contributed by atoms with E-state index in [9.17, 15) is 9.59 Å². The molecule has 1 saturated heterocycles. The van der Waals surface area contributed by atoms with Gasteiger partial charge in [-0.05, 0) is 43.2 Å². The number of nitrogens with one attached hydrogen (secondary N) is 1. The van der Waals surface area contributed by atoms with Crippen LogP contribution in [0.3, 0.4) is 0 Å². The second-order valence-corrected chi connectivity index (χ2v) is 6.59. The molecule has 0 saturated carbocycles. The number of amides is 2. The van der Waals surface area contributed by atoms with Gasteiger partial charge in [0.2, 0.25) is 5.91 Å². The van der Waals surface area contributed by atoms with Gasteiger partial charge in [0.15, 0.2) is 5.76 Å². The summed E-state index contributed by atoms with van der Waals surface area (Å²) in [6.45, 7) is 0.520. The molecule has 6 nitrogen and oxygen atoms in total. The monoisotopic (exact) mass is 369 g/mol. The molecule has 0 aliphatic carbocycles. The molecule has 2 aromatic heterocycles. The Morgan fingerprint density at radius 2 is 2.15 bits per heavy atom. The molecule has 4 rings (SSSR count). The predicted molar refractivity (Wildman–Crippen MR) is 98.1 cm³/mol. The number of aromatic nitrogens is 1. The van der Waals surface area contributed by atoms with Gasteiger partial charge in [-0.3, -0.25) is 14.6 Å². The molecule has 1 aliphatic rings. The lowest BCUT2D eigenvalue weighted by atomic mass is 10.1. The highest BCUT2D eigenvalue weighted by Gasteiger charge is 2.35. The van der Waals surface area contributed by atoms with Crippen LogP contribution < -0.4 is 5.32 Å². The third kappa shape index (κ3) is 3.04. The standard InChI is InChI=1S/C19H16ClN3O3/c20-13-10-12-4-1-7-21-17(12)14(11-13)22-18(24)15-5-2-8-23(15)19(25)16-6-3-9-26-16/h1,3-4,6-7,9-11,15H,2,5,8H2,(H,22,24)/t15-/m1/s1. The van der Waals surface area contributed by atoms with Gasteiger partial charge in [-0.2, -0.15) is 0 Å². The van der Waals surface area contributed by atoms with E-state index in [0.29, 0.717) is 29.2 Å². The van der Waals surface area contributed by atoms with Crippen LogP contribution in [0.15, 0.2) is 53.3 Å². The normalized spacial score (nSPS) is 16.8. The topological polar surface area (TPSA) is 75.4 Å². The van der Waals surface area contributed by atoms with E-state index in [-0.39, 0.29) is 17.6 Å². The Morgan fingerprint density at radius 1 is 1.27 bits per heavy atom. The van der Waals surface area contributed by atoms with Gasteiger partial charge in [-0.15, -0.1) is 0 Å². The van der Waals surface area contributed by atoms with Crippen molar-refractivity contribution in [1.29, 1.82) is 0 Å². The minimum absolute atomic E-state index is 0.236. The van der Waals surface area contributed by atoms with Crippen LogP contribution in [-0.2, 0) is 4.79 Å². The fraction of sp³-hybridized carbons (Fsp3) is 0.211. The van der Waals surface area contributed by atoms with Crippen molar-refractivity contribution in [3.8, 4) is 0 Å². The van der Waals surface area contributed by atoms with Crippen LogP contribution in [-0.4, -0.2) is 34.3 Å². The summed E-state index contributed by atoms with van der Waals surface area (Å²) in [6.07, 6.45) is 4.47. The largest absolute Gasteiger partial charge is 0.459 e. The number of carbonyl (C=O) groups excluding carboxylic acids is 2. The van der Waals surface area contributed by atoms with Crippen LogP contribution in [0.1, 0.15) is 23.4 Å². The SMILES string of the molecule is O=C(Nc1cc(Cl)cc2cccnc12)[C@H]1CCCN1C(=O)c1ccco1. The van der Waals surface area contributed by atoms with Crippen LogP contribution in [0.4, 0.5) is 5.69 Å². The van der Waals surface area contributed by atoms with Crippen LogP contribution in [0, 0.1) is 0 Å². The molecule has 0 radical (unpaired) electrons. The van der Waals surface area contributed by atoms with Gasteiger partial charge in [-0.25, -0.2) is 0 Å². The van der Waals surface area contributed by atoms with E-state index in [1.165, 1.54) is 6.26 Å². The summed E-state index contributed by atoms with van der Waals surface area (Å²) in [7, 11) is 0. The van der Waals surface area contributed by atoms with E-state index >= 15 is 0 Å². The second kappa shape index (κ2) is 6.80. The fourth-order valence-electron chi connectivity index (χ4n) is 3.29. The Balaban J connectivity index is 1.59. The lowest BCUT2D eigenvalue weighted by Gasteiger charge is -2.23. The summed E-state index contributed by atoms with van der Waals surface area (Å²) in [6, 6.07) is 9.86. The average molecular weight is 370 g/mol. The zero-order chi connectivity index (χ0) is 18.1. The number of furan rings is 1. The average Bonchev–Trinajstić information content (AvgIpc) is 3.33. The van der Waals surface area contributed by atoms with Crippen molar-refractivity contribution in [3.63, 3.8) is 0 Å². The number of rotatable bonds is 3. The van der Waals surface area contributed by atoms with Gasteiger partial charge >= 0.3 is 0 Å². The zero-order valence-electron chi connectivity index (χ0n) is 13.8. The Kier molecular flexibility index (Phi) is 4.34. The number of halogens is 1. The maximum absolute atomic E-state index is 12.8. The Hall–Kier alpha value is -2.86. The fourth-order valence-corrected chi connectivity index (χ4v) is 3.52. The van der Waals surface area contributed by atoms with Crippen molar-refractivity contribution in [2.45, 2.75) is 18.9 Å². The van der Waals surface area contributed by atoms with Gasteiger partial charge in [0.1, 0.15) is 6.04 Å². The first-order valence-electron chi connectivity index (χ1n) is 8.33. The zero-order valence-corrected chi connectivity index (χ0v) is 14.6. The van der Waals surface area contributed by atoms with Crippen molar-refractivity contribution in [1.82, 2.24) is 9.88 Å². The number of hydrogen-bond donors (Lipinski definition) is 1. The number of benzene rings is 1. The first-order chi connectivity index (χ1) is 12.6. The molecule has 1 N–H and O–H groups in total. The Labute approximate surface area is 154 Å². The lowest BCUT2D eigenvalue weighted by Crippen LogP contribution is -2.43. The third-order valence-corrected chi connectivity index (χ3v) is 4.69. The predicted octanol–water partition coefficient (Wildman–Crippen LogP) is 3.72. The molecule has 26 heavy (non-hydrogen) atoms. The summed E-state index contributed by atoms with van der Waals surface area (Å²) >= 11 is 6.16. The van der Waals surface area contributed by atoms with Crippen molar-refractivity contribution in [3.05, 3.63) is 59.6 Å². The minimum Gasteiger partial charge on any atom is -0.459 e. The summed E-state index contributed by atoms with van der Waals surface area (Å²) < 4.78 is 5.18. The van der Waals surface area contributed by atoms with Gasteiger partial charge in [-0.1, -0.05) is 17.7 Å². The number of nitrogens with zero attached hydrogens (tertiary/aromatic N) is 2. The number of carbonyl (C=O) groups is 2. The van der Waals surface area contributed by atoms with E-state index in [1.807, 2.05) is 12.1 Å². The molecule has 7 heteroatoms. The van der Waals surface area contributed by atoms with Crippen molar-refractivity contribution < 1.29 is 14.0 Å². The molecule has 1 fully saturated rings. The van der Waals surface area contributed by atoms with Crippen LogP contribution in [0.5, 0.6) is 0 Å². The third-order valence-electron chi connectivity index (χ3n) is 4.48. The Bertz CT molecular complexity index is 971. The van der Waals surface area contributed by atoms with Crippen molar-refractivity contribution in [2.75, 3.05) is 11.9 Å². The molecule has 1 aromatic carbocycles. The van der Waals surface area contributed by atoms with Crippen LogP contribution in [0.2, 0.25) is 5.02 Å². The number of fused-ring (bicyclic) bond motifs is 1. The number of anilines is 1. The molecule has 3 aromatic rings. The van der Waals surface area contributed by atoms with E-state index in [1.54, 1.807) is 35.4 Å². The highest BCUT2D eigenvalue weighted by molar-refractivity contribution is 6.32. The van der Waals surface area contributed by atoms with Crippen molar-refractivity contribution >= 4 is 40.0 Å². The van der Waals surface area contributed by atoms with E-state index < -0.39 is 6.04 Å². The molecule has 0 bridgehead atoms. The quantitative estimate of drug-likeness (QED) is 0.763. The molecule has 1 atom stereocenters. The van der Waals surface area contributed by atoms with E-state index in [4.69, 9.17) is 16.0 Å². The van der Waals surface area contributed by atoms with Crippen LogP contribution >= 0.6 is 11.6 Å². The maximum Gasteiger partial charge on any atom is 0.290 e. The second-order valence-electron chi connectivity index (χ2n) is 6.15. The number of likely N-dealkylation sites (tertiary alicyclic amines) is 1. The molecule has 2 amide bonds. The minimum atomic E-state index is -0.551. The summed E-state index contributed by atoms with van der Waals surface area (Å²) in [5.41, 5.74) is 1.20. The smallest absolute Gasteiger partial charge is 0.290 e. The summed E-state index contributed by atoms with van der Waals surface area (Å²) in [4.78, 5) is 31.3. The molecule has 132 valence electrons. The van der Waals surface area contributed by atoms with Crippen LogP contribution in [0.25, 0.3) is 10.9 Å². The summed E-state index contributed by atoms with van der Waals surface area (Å²) in [5, 5.41) is 4.24. The Morgan fingerprint density at radius 3 is 2.96 bits per heavy atom. The van der Waals surface area contributed by atoms with Gasteiger partial charge < -0.3 is 14.6 Å². The maximum atomic E-state index is 12.8. The first-order valence-corrected chi connectivity index (χ1v) is 8.71. The highest BCUT2D eigenvalue weighted by Crippen LogP contribution is 2.28. The highest BCUT2D eigenvalue weighted by atomic mass is 35.5. The number of hydrogen-bond acceptors (Lipinski definition) is 4. The molecule has 0 spiro atoms. The van der Waals surface area contributed by atoms with Crippen molar-refractivity contribution in [2.24, 2.45) is 0 Å². The van der Waals surface area contributed by atoms with Gasteiger partial charge in [0, 0.05) is 23.2 Å². The number of pyridine rings is 1. The van der Waals surface area contributed by atoms with E-state index in [2.05, 4.69) is 10.3 Å². The lowest BCUT2D eigenvalue weighted by molar-refractivity contribution is -0.119. The van der Waals surface area contributed by atoms with Gasteiger partial charge in [0.05, 0.1) is 17.5 Å². The summed E-state index contributed by atoms with van der Waals surface area (Å²) in [5.74, 6) is -0.294.